The molecule has 6 aromatic rings. The molecule has 0 unspecified atom stereocenters. The third-order valence-electron chi connectivity index (χ3n) is 7.89. The van der Waals surface area contributed by atoms with E-state index in [0.29, 0.717) is 6.07 Å². The third kappa shape index (κ3) is 14.6. The Kier molecular flexibility index (Phi) is 23.6. The number of nitrogens with two attached hydrogens (primary N) is 2. The zero-order chi connectivity index (χ0) is 45.5. The molecule has 4 N–H and O–H groups in total. The molecule has 0 fully saturated rings. The molecule has 0 aliphatic carbocycles. The van der Waals surface area contributed by atoms with Gasteiger partial charge in [-0.2, -0.15) is 10.2 Å². The SMILES string of the molecule is Nc1ccc2c([O-])c(N=Nc3cc([N+](=O)[O-])cc(Cl)c3[O-])c(S(=O)(=O)[O-])cc2c1.Nc1ccc2cc(S(=O)(=O)[O-])c(N=Nc3cc([N+](=O)[O-])cc(S(=O)(=O)[O-])c3[O-])c([O-])c2c1.[Cr+3].[Na+].[Na+].[Na+].[Na+]. The molecule has 0 aliphatic rings. The van der Waals surface area contributed by atoms with Crippen LogP contribution in [0.25, 0.3) is 21.5 Å². The average molecular weight is 1060 g/mol. The van der Waals surface area contributed by atoms with Gasteiger partial charge in [0.15, 0.2) is 0 Å². The molecular weight excluding hydrogens is 1040 g/mol. The second-order valence-electron chi connectivity index (χ2n) is 11.9. The standard InChI is InChI=1S/C16H11ClN4O7S.C16H12N4O10S2.Cr.4Na/c17-11-5-9(21(24)25)6-12(16(11)23)19-20-14-13(29(26,27)28)4-7-3-8(18)1-2-10(7)15(14)22;17-8-2-1-7-3-12(31(25,26)27)14(15(21)10(7)4-8)19-18-11-5-9(20(23)24)6-13(16(11)22)32(28,29)30;;;;;/h1-6,22-23H,18H2,(H,26,27,28);1-6,21-22H,17H2,(H,25,26,27)(H,28,29,30);;;;;/q;;+3;4*+1/p-7. The minimum Gasteiger partial charge on any atom is -0.871 e. The molecule has 0 saturated carbocycles. The predicted molar refractivity (Wildman–Crippen MR) is 198 cm³/mol. The van der Waals surface area contributed by atoms with Crippen molar-refractivity contribution in [3.63, 3.8) is 0 Å². The van der Waals surface area contributed by atoms with Crippen molar-refractivity contribution in [1.29, 1.82) is 0 Å². The molecule has 6 rings (SSSR count). The predicted octanol–water partition coefficient (Wildman–Crippen LogP) is -8.84. The first-order chi connectivity index (χ1) is 28.2. The molecule has 34 heteroatoms. The van der Waals surface area contributed by atoms with E-state index in [0.717, 1.165) is 30.3 Å². The van der Waals surface area contributed by atoms with Crippen LogP contribution in [0.2, 0.25) is 5.02 Å². The minimum atomic E-state index is -5.46. The maximum Gasteiger partial charge on any atom is 3.00 e. The quantitative estimate of drug-likeness (QED) is 0.0339. The van der Waals surface area contributed by atoms with Gasteiger partial charge in [0.1, 0.15) is 30.4 Å². The summed E-state index contributed by atoms with van der Waals surface area (Å²) in [5.74, 6) is -4.60. The molecule has 0 atom stereocenters. The number of halogens is 1. The van der Waals surface area contributed by atoms with Gasteiger partial charge in [-0.1, -0.05) is 46.7 Å². The van der Waals surface area contributed by atoms with Crippen LogP contribution in [0.5, 0.6) is 23.0 Å². The summed E-state index contributed by atoms with van der Waals surface area (Å²) >= 11 is 5.63. The van der Waals surface area contributed by atoms with Gasteiger partial charge < -0.3 is 45.6 Å². The van der Waals surface area contributed by atoms with Crippen LogP contribution in [-0.4, -0.2) is 48.8 Å². The summed E-state index contributed by atoms with van der Waals surface area (Å²) in [6.07, 6.45) is 0. The van der Waals surface area contributed by atoms with Crippen LogP contribution in [0.4, 0.5) is 45.5 Å². The summed E-state index contributed by atoms with van der Waals surface area (Å²) in [4.78, 5) is 16.3. The number of nitro groups is 2. The van der Waals surface area contributed by atoms with Gasteiger partial charge in [0.05, 0.1) is 47.3 Å². The molecule has 0 aliphatic heterocycles. The largest absolute Gasteiger partial charge is 3.00 e. The van der Waals surface area contributed by atoms with Crippen molar-refractivity contribution in [2.45, 2.75) is 14.7 Å². The first-order valence-electron chi connectivity index (χ1n) is 15.6. The molecule has 66 heavy (non-hydrogen) atoms. The molecule has 321 valence electrons. The van der Waals surface area contributed by atoms with E-state index in [1.54, 1.807) is 0 Å². The zero-order valence-electron chi connectivity index (χ0n) is 33.7. The number of hydrogen-bond donors (Lipinski definition) is 2. The van der Waals surface area contributed by atoms with Crippen LogP contribution < -0.4 is 150 Å². The van der Waals surface area contributed by atoms with Gasteiger partial charge in [0.25, 0.3) is 11.4 Å². The summed E-state index contributed by atoms with van der Waals surface area (Å²) in [6.45, 7) is 0. The van der Waals surface area contributed by atoms with E-state index in [-0.39, 0.29) is 175 Å². The van der Waals surface area contributed by atoms with Crippen molar-refractivity contribution in [3.8, 4) is 23.0 Å². The van der Waals surface area contributed by atoms with Crippen molar-refractivity contribution in [2.75, 3.05) is 11.5 Å². The number of nitro benzene ring substituents is 2. The van der Waals surface area contributed by atoms with E-state index in [1.165, 1.54) is 30.3 Å². The Morgan fingerprint density at radius 2 is 0.894 bits per heavy atom. The summed E-state index contributed by atoms with van der Waals surface area (Å²) in [5, 5.41) is 84.3. The Morgan fingerprint density at radius 1 is 0.485 bits per heavy atom. The smallest absolute Gasteiger partial charge is 0.871 e. The van der Waals surface area contributed by atoms with Crippen molar-refractivity contribution in [1.82, 2.24) is 0 Å². The summed E-state index contributed by atoms with van der Waals surface area (Å²) in [5.41, 5.74) is 6.37. The second kappa shape index (κ2) is 24.7. The van der Waals surface area contributed by atoms with Crippen molar-refractivity contribution in [2.24, 2.45) is 20.5 Å². The molecule has 0 amide bonds. The van der Waals surface area contributed by atoms with Crippen LogP contribution in [0, 0.1) is 20.2 Å². The topological polar surface area (TPSA) is 452 Å². The molecule has 0 saturated heterocycles. The molecule has 0 aromatic heterocycles. The van der Waals surface area contributed by atoms with Crippen LogP contribution in [0.1, 0.15) is 0 Å². The summed E-state index contributed by atoms with van der Waals surface area (Å²) in [6, 6.07) is 11.7. The van der Waals surface area contributed by atoms with E-state index in [4.69, 9.17) is 23.1 Å². The molecule has 0 bridgehead atoms. The third-order valence-corrected chi connectivity index (χ3v) is 10.7. The van der Waals surface area contributed by atoms with E-state index in [9.17, 15) is 79.6 Å². The molecule has 25 nitrogen and oxygen atoms in total. The fourth-order valence-corrected chi connectivity index (χ4v) is 7.25. The number of rotatable bonds is 9. The number of anilines is 2. The Bertz CT molecular complexity index is 3310. The Balaban J connectivity index is 0.00000119. The summed E-state index contributed by atoms with van der Waals surface area (Å²) in [7, 11) is -15.9. The van der Waals surface area contributed by atoms with Crippen molar-refractivity contribution in [3.05, 3.63) is 98.0 Å². The molecule has 0 heterocycles. The van der Waals surface area contributed by atoms with E-state index < -0.39 is 117 Å². The van der Waals surface area contributed by atoms with Gasteiger partial charge in [-0.25, -0.2) is 25.3 Å². The van der Waals surface area contributed by atoms with E-state index in [2.05, 4.69) is 20.5 Å². The van der Waals surface area contributed by atoms with Gasteiger partial charge in [0, 0.05) is 40.7 Å². The monoisotopic (exact) mass is 1060 g/mol. The van der Waals surface area contributed by atoms with Crippen LogP contribution in [0.15, 0.2) is 108 Å². The number of hydrogen-bond acceptors (Lipinski definition) is 23. The van der Waals surface area contributed by atoms with Crippen LogP contribution in [-0.2, 0) is 47.7 Å². The van der Waals surface area contributed by atoms with Crippen LogP contribution in [0.3, 0.4) is 0 Å². The fourth-order valence-electron chi connectivity index (χ4n) is 5.16. The van der Waals surface area contributed by atoms with Gasteiger partial charge in [-0.05, 0) is 57.9 Å². The van der Waals surface area contributed by atoms with Gasteiger partial charge >= 0.3 is 136 Å². The first-order valence-corrected chi connectivity index (χ1v) is 20.2. The normalized spacial score (nSPS) is 11.3. The van der Waals surface area contributed by atoms with Gasteiger partial charge in [-0.15, -0.1) is 10.2 Å². The average Bonchev–Trinajstić information content (AvgIpc) is 3.14. The number of benzene rings is 6. The van der Waals surface area contributed by atoms with Crippen LogP contribution >= 0.6 is 11.6 Å². The number of non-ortho nitro benzene ring substituents is 2. The van der Waals surface area contributed by atoms with E-state index in [1.807, 2.05) is 0 Å². The molecule has 1 radical (unpaired) electrons. The number of azo groups is 2. The Morgan fingerprint density at radius 3 is 1.36 bits per heavy atom. The number of nitrogen functional groups attached to an aromatic ring is 2. The molecular formula is C32H16ClCrN8Na4O17S3. The second-order valence-corrected chi connectivity index (χ2v) is 16.4. The number of nitrogens with zero attached hydrogens (tertiary/aromatic N) is 6. The van der Waals surface area contributed by atoms with E-state index >= 15 is 0 Å². The van der Waals surface area contributed by atoms with Gasteiger partial charge in [0.2, 0.25) is 0 Å². The van der Waals surface area contributed by atoms with Gasteiger partial charge in [-0.3, -0.25) is 20.2 Å². The first kappa shape index (κ1) is 63.2. The maximum atomic E-state index is 12.7. The van der Waals surface area contributed by atoms with Crippen molar-refractivity contribution < 1.29 is 205 Å². The fraction of sp³-hybridized carbons (Fsp3) is 0. The molecule has 6 aromatic carbocycles. The summed E-state index contributed by atoms with van der Waals surface area (Å²) < 4.78 is 103. The van der Waals surface area contributed by atoms with Crippen molar-refractivity contribution >= 4 is 109 Å². The Labute approximate surface area is 475 Å². The maximum absolute atomic E-state index is 12.7. The minimum absolute atomic E-state index is 0. The molecule has 0 spiro atoms. The zero-order valence-corrected chi connectivity index (χ0v) is 46.2. The Hall–Kier alpha value is -2.81. The number of fused-ring (bicyclic) bond motifs is 2.